The van der Waals surface area contributed by atoms with E-state index in [1.54, 1.807) is 0 Å². The van der Waals surface area contributed by atoms with Crippen LogP contribution in [0.15, 0.2) is 47.3 Å². The zero-order chi connectivity index (χ0) is 17.3. The van der Waals surface area contributed by atoms with Gasteiger partial charge in [-0.05, 0) is 36.4 Å². The third-order valence-corrected chi connectivity index (χ3v) is 3.45. The molecule has 0 bridgehead atoms. The fraction of sp³-hybridized carbons (Fsp3) is 0. The van der Waals surface area contributed by atoms with Gasteiger partial charge in [-0.3, -0.25) is 10.1 Å². The number of rotatable bonds is 2. The second-order valence-corrected chi connectivity index (χ2v) is 5.38. The van der Waals surface area contributed by atoms with Crippen LogP contribution in [0.3, 0.4) is 0 Å². The molecule has 3 rings (SSSR count). The van der Waals surface area contributed by atoms with E-state index >= 15 is 0 Å². The normalized spacial score (nSPS) is 10.6. The molecule has 5 nitrogen and oxygen atoms in total. The van der Waals surface area contributed by atoms with E-state index in [1.165, 1.54) is 24.3 Å². The van der Waals surface area contributed by atoms with Gasteiger partial charge >= 0.3 is 6.03 Å². The average Bonchev–Trinajstić information content (AvgIpc) is 2.51. The van der Waals surface area contributed by atoms with E-state index in [1.807, 2.05) is 0 Å². The van der Waals surface area contributed by atoms with Crippen molar-refractivity contribution in [3.05, 3.63) is 69.3 Å². The topological polar surface area (TPSA) is 74.0 Å². The van der Waals surface area contributed by atoms with Crippen LogP contribution in [0.2, 0.25) is 5.02 Å². The van der Waals surface area contributed by atoms with Crippen molar-refractivity contribution >= 4 is 40.0 Å². The van der Waals surface area contributed by atoms with Crippen LogP contribution in [0.5, 0.6) is 0 Å². The first-order valence-electron chi connectivity index (χ1n) is 6.78. The maximum Gasteiger partial charge on any atom is 0.324 e. The number of nitrogens with one attached hydrogen (secondary N) is 3. The van der Waals surface area contributed by atoms with E-state index in [0.717, 1.165) is 18.2 Å². The summed E-state index contributed by atoms with van der Waals surface area (Å²) in [4.78, 5) is 26.6. The number of carbonyl (C=O) groups excluding carboxylic acids is 1. The van der Waals surface area contributed by atoms with Gasteiger partial charge in [0.1, 0.15) is 17.5 Å². The van der Waals surface area contributed by atoms with Gasteiger partial charge in [0.05, 0.1) is 11.2 Å². The second-order valence-electron chi connectivity index (χ2n) is 4.94. The van der Waals surface area contributed by atoms with Gasteiger partial charge in [0.25, 0.3) is 0 Å². The summed E-state index contributed by atoms with van der Waals surface area (Å²) in [6.07, 6.45) is 0. The molecule has 0 aliphatic rings. The second kappa shape index (κ2) is 6.29. The zero-order valence-electron chi connectivity index (χ0n) is 12.0. The lowest BCUT2D eigenvalue weighted by atomic mass is 10.2. The summed E-state index contributed by atoms with van der Waals surface area (Å²) in [5.41, 5.74) is -0.171. The van der Waals surface area contributed by atoms with Crippen LogP contribution >= 0.6 is 11.6 Å². The van der Waals surface area contributed by atoms with Crippen molar-refractivity contribution in [3.8, 4) is 0 Å². The maximum atomic E-state index is 13.6. The summed E-state index contributed by atoms with van der Waals surface area (Å²) in [7, 11) is 0. The quantitative estimate of drug-likeness (QED) is 0.651. The number of benzene rings is 2. The summed E-state index contributed by atoms with van der Waals surface area (Å²) in [6.45, 7) is 0. The zero-order valence-corrected chi connectivity index (χ0v) is 12.7. The SMILES string of the molecule is O=C(Nc1cc(=O)c2cc(F)ccc2[nH]1)Nc1ccc(Cl)cc1F. The smallest absolute Gasteiger partial charge is 0.324 e. The molecule has 2 amide bonds. The monoisotopic (exact) mass is 349 g/mol. The molecule has 0 aliphatic heterocycles. The lowest BCUT2D eigenvalue weighted by Crippen LogP contribution is -2.21. The van der Waals surface area contributed by atoms with Gasteiger partial charge in [-0.15, -0.1) is 0 Å². The van der Waals surface area contributed by atoms with Crippen molar-refractivity contribution in [2.45, 2.75) is 0 Å². The molecule has 8 heteroatoms. The van der Waals surface area contributed by atoms with E-state index in [0.29, 0.717) is 5.52 Å². The van der Waals surface area contributed by atoms with Gasteiger partial charge < -0.3 is 10.3 Å². The highest BCUT2D eigenvalue weighted by Crippen LogP contribution is 2.19. The minimum absolute atomic E-state index is 0.0675. The van der Waals surface area contributed by atoms with E-state index in [4.69, 9.17) is 11.6 Å². The molecule has 0 atom stereocenters. The lowest BCUT2D eigenvalue weighted by molar-refractivity contribution is 0.262. The highest BCUT2D eigenvalue weighted by Gasteiger charge is 2.09. The third kappa shape index (κ3) is 3.36. The Labute approximate surface area is 139 Å². The Morgan fingerprint density at radius 1 is 1.04 bits per heavy atom. The average molecular weight is 350 g/mol. The number of amides is 2. The Balaban J connectivity index is 1.83. The third-order valence-electron chi connectivity index (χ3n) is 3.22. The molecule has 3 aromatic rings. The minimum Gasteiger partial charge on any atom is -0.341 e. The summed E-state index contributed by atoms with van der Waals surface area (Å²) < 4.78 is 26.8. The summed E-state index contributed by atoms with van der Waals surface area (Å²) in [6, 6.07) is 7.81. The number of H-pyrrole nitrogens is 1. The molecule has 1 aromatic heterocycles. The molecule has 122 valence electrons. The Morgan fingerprint density at radius 3 is 2.58 bits per heavy atom. The van der Waals surface area contributed by atoms with Crippen LogP contribution in [0, 0.1) is 11.6 Å². The number of aromatic nitrogens is 1. The molecular formula is C16H10ClF2N3O2. The Morgan fingerprint density at radius 2 is 1.83 bits per heavy atom. The van der Waals surface area contributed by atoms with Gasteiger partial charge in [-0.25, -0.2) is 13.6 Å². The molecule has 0 radical (unpaired) electrons. The van der Waals surface area contributed by atoms with Crippen LogP contribution in [-0.4, -0.2) is 11.0 Å². The molecule has 0 unspecified atom stereocenters. The van der Waals surface area contributed by atoms with Gasteiger partial charge in [0.15, 0.2) is 5.43 Å². The molecule has 0 fully saturated rings. The van der Waals surface area contributed by atoms with E-state index < -0.39 is 23.1 Å². The number of fused-ring (bicyclic) bond motifs is 1. The maximum absolute atomic E-state index is 13.6. The van der Waals surface area contributed by atoms with Gasteiger partial charge in [-0.1, -0.05) is 11.6 Å². The number of hydrogen-bond acceptors (Lipinski definition) is 2. The van der Waals surface area contributed by atoms with Crippen molar-refractivity contribution in [2.75, 3.05) is 10.6 Å². The number of anilines is 2. The number of pyridine rings is 1. The van der Waals surface area contributed by atoms with Crippen LogP contribution in [0.4, 0.5) is 25.1 Å². The number of hydrogen-bond donors (Lipinski definition) is 3. The van der Waals surface area contributed by atoms with Crippen LogP contribution in [-0.2, 0) is 0 Å². The largest absolute Gasteiger partial charge is 0.341 e. The summed E-state index contributed by atoms with van der Waals surface area (Å²) >= 11 is 5.63. The molecule has 2 aromatic carbocycles. The van der Waals surface area contributed by atoms with Gasteiger partial charge in [0.2, 0.25) is 0 Å². The molecule has 3 N–H and O–H groups in total. The summed E-state index contributed by atoms with van der Waals surface area (Å²) in [5, 5.41) is 5.03. The fourth-order valence-electron chi connectivity index (χ4n) is 2.15. The predicted octanol–water partition coefficient (Wildman–Crippen LogP) is 4.10. The molecule has 1 heterocycles. The van der Waals surface area contributed by atoms with Crippen molar-refractivity contribution < 1.29 is 13.6 Å². The highest BCUT2D eigenvalue weighted by atomic mass is 35.5. The molecule has 0 spiro atoms. The fourth-order valence-corrected chi connectivity index (χ4v) is 2.31. The summed E-state index contributed by atoms with van der Waals surface area (Å²) in [5.74, 6) is -1.14. The van der Waals surface area contributed by atoms with Crippen molar-refractivity contribution in [2.24, 2.45) is 0 Å². The standard InChI is InChI=1S/C16H10ClF2N3O2/c17-8-1-3-13(11(19)5-8)21-16(24)22-15-7-14(23)10-6-9(18)2-4-12(10)20-15/h1-7H,(H3,20,21,22,23,24). The Bertz CT molecular complexity index is 1000. The Hall–Kier alpha value is -2.93. The predicted molar refractivity (Wildman–Crippen MR) is 88.6 cm³/mol. The molecular weight excluding hydrogens is 340 g/mol. The van der Waals surface area contributed by atoms with E-state index in [9.17, 15) is 18.4 Å². The van der Waals surface area contributed by atoms with Crippen molar-refractivity contribution in [3.63, 3.8) is 0 Å². The molecule has 0 aliphatic carbocycles. The first-order valence-corrected chi connectivity index (χ1v) is 7.16. The number of aromatic amines is 1. The van der Waals surface area contributed by atoms with Gasteiger partial charge in [0, 0.05) is 16.5 Å². The number of urea groups is 1. The number of halogens is 3. The van der Waals surface area contributed by atoms with Crippen molar-refractivity contribution in [1.29, 1.82) is 0 Å². The van der Waals surface area contributed by atoms with Crippen LogP contribution in [0.25, 0.3) is 10.9 Å². The van der Waals surface area contributed by atoms with Crippen LogP contribution < -0.4 is 16.1 Å². The first-order chi connectivity index (χ1) is 11.4. The number of carbonyl (C=O) groups is 1. The lowest BCUT2D eigenvalue weighted by Gasteiger charge is -2.09. The van der Waals surface area contributed by atoms with E-state index in [-0.39, 0.29) is 21.9 Å². The molecule has 0 saturated carbocycles. The first kappa shape index (κ1) is 15.9. The minimum atomic E-state index is -0.756. The van der Waals surface area contributed by atoms with Crippen LogP contribution in [0.1, 0.15) is 0 Å². The molecule has 24 heavy (non-hydrogen) atoms. The van der Waals surface area contributed by atoms with Crippen molar-refractivity contribution in [1.82, 2.24) is 4.98 Å². The van der Waals surface area contributed by atoms with E-state index in [2.05, 4.69) is 15.6 Å². The van der Waals surface area contributed by atoms with Gasteiger partial charge in [-0.2, -0.15) is 0 Å². The Kier molecular flexibility index (Phi) is 4.18. The molecule has 0 saturated heterocycles. The highest BCUT2D eigenvalue weighted by molar-refractivity contribution is 6.30.